The largest absolute Gasteiger partial charge is 0.366 e. The molecule has 0 amide bonds. The van der Waals surface area contributed by atoms with Crippen molar-refractivity contribution in [3.8, 4) is 0 Å². The molecule has 3 N–H and O–H groups in total. The minimum Gasteiger partial charge on any atom is -0.366 e. The van der Waals surface area contributed by atoms with Crippen molar-refractivity contribution in [2.45, 2.75) is 17.9 Å². The number of benzene rings is 1. The molecule has 0 aliphatic carbocycles. The van der Waals surface area contributed by atoms with E-state index in [9.17, 15) is 8.42 Å². The Labute approximate surface area is 116 Å². The molecule has 0 radical (unpaired) electrons. The Balaban J connectivity index is 1.88. The molecule has 0 spiro atoms. The summed E-state index contributed by atoms with van der Waals surface area (Å²) in [6, 6.07) is 8.64. The maximum Gasteiger partial charge on any atom is 0.242 e. The molecule has 1 unspecified atom stereocenters. The van der Waals surface area contributed by atoms with E-state index in [-0.39, 0.29) is 4.90 Å². The molecule has 0 saturated heterocycles. The third-order valence-corrected chi connectivity index (χ3v) is 4.57. The number of rotatable bonds is 4. The molecule has 6 nitrogen and oxygen atoms in total. The Bertz CT molecular complexity index is 788. The standard InChI is InChI=1S/C13H14N4O2S/c1-9(17-20(18,19)10-6-7-14-8-10)13-15-11-4-2-3-5-12(11)16-13/h2-9,14,17H,1H3,(H,15,16). The molecule has 3 rings (SSSR count). The predicted molar refractivity (Wildman–Crippen MR) is 75.6 cm³/mol. The average Bonchev–Trinajstić information content (AvgIpc) is 3.07. The van der Waals surface area contributed by atoms with Crippen LogP contribution >= 0.6 is 0 Å². The van der Waals surface area contributed by atoms with Crippen LogP contribution < -0.4 is 4.72 Å². The summed E-state index contributed by atoms with van der Waals surface area (Å²) >= 11 is 0. The van der Waals surface area contributed by atoms with Gasteiger partial charge in [0.05, 0.1) is 22.0 Å². The van der Waals surface area contributed by atoms with Gasteiger partial charge in [-0.3, -0.25) is 0 Å². The van der Waals surface area contributed by atoms with E-state index >= 15 is 0 Å². The molecule has 0 aliphatic rings. The highest BCUT2D eigenvalue weighted by atomic mass is 32.2. The quantitative estimate of drug-likeness (QED) is 0.685. The van der Waals surface area contributed by atoms with E-state index in [4.69, 9.17) is 0 Å². The van der Waals surface area contributed by atoms with E-state index in [2.05, 4.69) is 19.7 Å². The summed E-state index contributed by atoms with van der Waals surface area (Å²) in [7, 11) is -3.54. The monoisotopic (exact) mass is 290 g/mol. The number of nitrogens with zero attached hydrogens (tertiary/aromatic N) is 1. The zero-order valence-electron chi connectivity index (χ0n) is 10.8. The first kappa shape index (κ1) is 12.9. The van der Waals surface area contributed by atoms with Crippen LogP contribution in [0.15, 0.2) is 47.6 Å². The molecule has 1 aromatic carbocycles. The third kappa shape index (κ3) is 2.33. The lowest BCUT2D eigenvalue weighted by Gasteiger charge is -2.10. The van der Waals surface area contributed by atoms with Gasteiger partial charge in [0, 0.05) is 12.4 Å². The van der Waals surface area contributed by atoms with E-state index in [1.54, 1.807) is 13.1 Å². The van der Waals surface area contributed by atoms with Gasteiger partial charge in [-0.1, -0.05) is 12.1 Å². The van der Waals surface area contributed by atoms with Crippen LogP contribution in [0.25, 0.3) is 11.0 Å². The smallest absolute Gasteiger partial charge is 0.242 e. The molecule has 0 saturated carbocycles. The summed E-state index contributed by atoms with van der Waals surface area (Å²) in [5, 5.41) is 0. The van der Waals surface area contributed by atoms with Gasteiger partial charge in [0.15, 0.2) is 0 Å². The molecule has 1 atom stereocenters. The van der Waals surface area contributed by atoms with Gasteiger partial charge in [0.2, 0.25) is 10.0 Å². The second kappa shape index (κ2) is 4.77. The number of sulfonamides is 1. The summed E-state index contributed by atoms with van der Waals surface area (Å²) in [6.45, 7) is 1.75. The van der Waals surface area contributed by atoms with Crippen molar-refractivity contribution in [1.82, 2.24) is 19.7 Å². The molecule has 7 heteroatoms. The van der Waals surface area contributed by atoms with E-state index in [1.807, 2.05) is 24.3 Å². The number of hydrogen-bond acceptors (Lipinski definition) is 3. The molecule has 2 aromatic heterocycles. The maximum atomic E-state index is 12.1. The molecule has 0 bridgehead atoms. The van der Waals surface area contributed by atoms with E-state index in [1.165, 1.54) is 12.3 Å². The zero-order chi connectivity index (χ0) is 14.2. The van der Waals surface area contributed by atoms with Gasteiger partial charge in [-0.25, -0.2) is 18.1 Å². The van der Waals surface area contributed by atoms with Gasteiger partial charge in [0.1, 0.15) is 5.82 Å². The fourth-order valence-electron chi connectivity index (χ4n) is 2.01. The molecule has 0 aliphatic heterocycles. The summed E-state index contributed by atoms with van der Waals surface area (Å²) in [5.74, 6) is 0.588. The van der Waals surface area contributed by atoms with E-state index in [0.717, 1.165) is 11.0 Å². The average molecular weight is 290 g/mol. The number of aromatic nitrogens is 3. The van der Waals surface area contributed by atoms with Crippen LogP contribution in [-0.2, 0) is 10.0 Å². The highest BCUT2D eigenvalue weighted by molar-refractivity contribution is 7.89. The van der Waals surface area contributed by atoms with Crippen molar-refractivity contribution in [2.24, 2.45) is 0 Å². The van der Waals surface area contributed by atoms with Crippen molar-refractivity contribution < 1.29 is 8.42 Å². The highest BCUT2D eigenvalue weighted by Gasteiger charge is 2.20. The minimum absolute atomic E-state index is 0.209. The fourth-order valence-corrected chi connectivity index (χ4v) is 3.19. The van der Waals surface area contributed by atoms with Crippen LogP contribution in [0.4, 0.5) is 0 Å². The van der Waals surface area contributed by atoms with Gasteiger partial charge >= 0.3 is 0 Å². The van der Waals surface area contributed by atoms with Gasteiger partial charge in [-0.05, 0) is 25.1 Å². The molecule has 20 heavy (non-hydrogen) atoms. The normalized spacial score (nSPS) is 13.7. The number of aromatic amines is 2. The second-order valence-electron chi connectivity index (χ2n) is 4.53. The lowest BCUT2D eigenvalue weighted by atomic mass is 10.3. The lowest BCUT2D eigenvalue weighted by molar-refractivity contribution is 0.561. The van der Waals surface area contributed by atoms with Gasteiger partial charge in [-0.15, -0.1) is 0 Å². The van der Waals surface area contributed by atoms with Crippen LogP contribution in [0.5, 0.6) is 0 Å². The maximum absolute atomic E-state index is 12.1. The number of hydrogen-bond donors (Lipinski definition) is 3. The number of H-pyrrole nitrogens is 2. The van der Waals surface area contributed by atoms with E-state index < -0.39 is 16.1 Å². The first-order chi connectivity index (χ1) is 9.56. The summed E-state index contributed by atoms with van der Waals surface area (Å²) < 4.78 is 26.8. The van der Waals surface area contributed by atoms with Crippen LogP contribution in [0.2, 0.25) is 0 Å². The Kier molecular flexibility index (Phi) is 3.07. The van der Waals surface area contributed by atoms with Gasteiger partial charge < -0.3 is 9.97 Å². The number of para-hydroxylation sites is 2. The number of imidazole rings is 1. The van der Waals surface area contributed by atoms with Crippen LogP contribution in [0.3, 0.4) is 0 Å². The number of nitrogens with one attached hydrogen (secondary N) is 3. The summed E-state index contributed by atoms with van der Waals surface area (Å²) in [5.41, 5.74) is 1.70. The van der Waals surface area contributed by atoms with Crippen LogP contribution in [-0.4, -0.2) is 23.4 Å². The Hall–Kier alpha value is -2.12. The van der Waals surface area contributed by atoms with Gasteiger partial charge in [-0.2, -0.15) is 0 Å². The van der Waals surface area contributed by atoms with E-state index in [0.29, 0.717) is 5.82 Å². The first-order valence-electron chi connectivity index (χ1n) is 6.16. The van der Waals surface area contributed by atoms with Crippen molar-refractivity contribution in [3.05, 3.63) is 48.5 Å². The van der Waals surface area contributed by atoms with Crippen LogP contribution in [0, 0.1) is 0 Å². The molecule has 3 aromatic rings. The highest BCUT2D eigenvalue weighted by Crippen LogP contribution is 2.18. The Morgan fingerprint density at radius 2 is 2.05 bits per heavy atom. The fraction of sp³-hybridized carbons (Fsp3) is 0.154. The second-order valence-corrected chi connectivity index (χ2v) is 6.24. The minimum atomic E-state index is -3.54. The molecular formula is C13H14N4O2S. The third-order valence-electron chi connectivity index (χ3n) is 3.03. The molecule has 0 fully saturated rings. The SMILES string of the molecule is CC(NS(=O)(=O)c1cc[nH]c1)c1nc2ccccc2[nH]1. The topological polar surface area (TPSA) is 90.6 Å². The molecule has 104 valence electrons. The van der Waals surface area contributed by atoms with Gasteiger partial charge in [0.25, 0.3) is 0 Å². The predicted octanol–water partition coefficient (Wildman–Crippen LogP) is 1.93. The Morgan fingerprint density at radius 1 is 1.25 bits per heavy atom. The van der Waals surface area contributed by atoms with Crippen LogP contribution in [0.1, 0.15) is 18.8 Å². The van der Waals surface area contributed by atoms with Crippen molar-refractivity contribution in [1.29, 1.82) is 0 Å². The first-order valence-corrected chi connectivity index (χ1v) is 7.64. The van der Waals surface area contributed by atoms with Crippen molar-refractivity contribution >= 4 is 21.1 Å². The molecule has 2 heterocycles. The van der Waals surface area contributed by atoms with Crippen molar-refractivity contribution in [2.75, 3.05) is 0 Å². The lowest BCUT2D eigenvalue weighted by Crippen LogP contribution is -2.27. The Morgan fingerprint density at radius 3 is 2.75 bits per heavy atom. The van der Waals surface area contributed by atoms with Crippen molar-refractivity contribution in [3.63, 3.8) is 0 Å². The summed E-state index contributed by atoms with van der Waals surface area (Å²) in [6.07, 6.45) is 3.01. The summed E-state index contributed by atoms with van der Waals surface area (Å²) in [4.78, 5) is 10.4. The number of fused-ring (bicyclic) bond motifs is 1. The molecular weight excluding hydrogens is 276 g/mol. The zero-order valence-corrected chi connectivity index (χ0v) is 11.6.